The fraction of sp³-hybridized carbons (Fsp3) is 0.638. The van der Waals surface area contributed by atoms with Gasteiger partial charge in [0, 0.05) is 70.3 Å². The van der Waals surface area contributed by atoms with E-state index in [1.165, 1.54) is 34.1 Å². The van der Waals surface area contributed by atoms with Gasteiger partial charge in [0.25, 0.3) is 5.91 Å². The minimum Gasteiger partial charge on any atom is -0.480 e. The van der Waals surface area contributed by atoms with Crippen LogP contribution in [0.25, 0.3) is 0 Å². The molecule has 4 aliphatic rings. The van der Waals surface area contributed by atoms with Crippen molar-refractivity contribution in [1.29, 1.82) is 0 Å². The predicted octanol–water partition coefficient (Wildman–Crippen LogP) is 4.85. The Morgan fingerprint density at radius 1 is 0.880 bits per heavy atom. The minimum atomic E-state index is -1.40. The average molecular weight is 1230 g/mol. The number of unbranched alkanes of at least 4 members (excludes halogenated alkanes) is 2. The molecule has 25 heteroatoms. The Bertz CT molecular complexity index is 2480. The summed E-state index contributed by atoms with van der Waals surface area (Å²) in [6.07, 6.45) is 11.3. The number of hydrogen-bond acceptors (Lipinski definition) is 14. The molecule has 460 valence electrons. The molecule has 1 aromatic rings. The van der Waals surface area contributed by atoms with Gasteiger partial charge in [-0.2, -0.15) is 0 Å². The summed E-state index contributed by atoms with van der Waals surface area (Å²) in [6.45, 7) is 12.9. The molecule has 4 heterocycles. The van der Waals surface area contributed by atoms with Crippen LogP contribution < -0.4 is 37.6 Å². The number of carboxylic acids is 1. The van der Waals surface area contributed by atoms with Crippen molar-refractivity contribution in [3.05, 3.63) is 65.8 Å². The van der Waals surface area contributed by atoms with Gasteiger partial charge in [-0.05, 0) is 94.9 Å². The van der Waals surface area contributed by atoms with Gasteiger partial charge < -0.3 is 71.3 Å². The molecule has 1 spiro atoms. The van der Waals surface area contributed by atoms with Gasteiger partial charge in [0.05, 0.1) is 54.4 Å². The Kier molecular flexibility index (Phi) is 26.8. The smallest absolute Gasteiger partial charge is 0.410 e. The molecule has 4 aliphatic heterocycles. The number of nitrogens with one attached hydrogen (secondary N) is 4. The van der Waals surface area contributed by atoms with E-state index < -0.39 is 60.1 Å². The number of urea groups is 1. The number of primary amides is 2. The number of halogens is 1. The van der Waals surface area contributed by atoms with Crippen molar-refractivity contribution in [1.82, 2.24) is 31.1 Å². The number of alkyl halides is 1. The van der Waals surface area contributed by atoms with Crippen LogP contribution in [0.1, 0.15) is 118 Å². The number of carbonyl (C=O) groups excluding carboxylic acids is 8. The lowest BCUT2D eigenvalue weighted by molar-refractivity contribution is -0.140. The van der Waals surface area contributed by atoms with Gasteiger partial charge in [-0.3, -0.25) is 28.9 Å². The van der Waals surface area contributed by atoms with Gasteiger partial charge in [0.1, 0.15) is 24.8 Å². The Morgan fingerprint density at radius 2 is 1.55 bits per heavy atom. The van der Waals surface area contributed by atoms with Crippen LogP contribution in [-0.2, 0) is 59.1 Å². The summed E-state index contributed by atoms with van der Waals surface area (Å²) in [4.78, 5) is 118. The topological polar surface area (TPSA) is 333 Å². The largest absolute Gasteiger partial charge is 0.480 e. The molecule has 9 N–H and O–H groups in total. The highest BCUT2D eigenvalue weighted by Gasteiger charge is 2.51. The van der Waals surface area contributed by atoms with E-state index in [9.17, 15) is 48.3 Å². The third-order valence-electron chi connectivity index (χ3n) is 15.1. The fourth-order valence-corrected chi connectivity index (χ4v) is 10.4. The zero-order valence-electron chi connectivity index (χ0n) is 48.6. The summed E-state index contributed by atoms with van der Waals surface area (Å²) in [7, 11) is 0. The molecular formula is C58H86BrN9O15. The van der Waals surface area contributed by atoms with Crippen molar-refractivity contribution >= 4 is 75.3 Å². The minimum absolute atomic E-state index is 0.0459. The number of anilines is 1. The van der Waals surface area contributed by atoms with Gasteiger partial charge >= 0.3 is 24.2 Å². The Hall–Kier alpha value is -6.57. The highest BCUT2D eigenvalue weighted by molar-refractivity contribution is 9.09. The number of rotatable bonds is 29. The van der Waals surface area contributed by atoms with Crippen LogP contribution in [0.2, 0.25) is 0 Å². The molecule has 0 unspecified atom stereocenters. The molecule has 1 aromatic carbocycles. The van der Waals surface area contributed by atoms with E-state index in [2.05, 4.69) is 50.2 Å². The molecule has 0 aliphatic carbocycles. The molecule has 4 fully saturated rings. The van der Waals surface area contributed by atoms with Gasteiger partial charge in [-0.15, -0.1) is 0 Å². The number of ether oxygens (including phenoxy) is 5. The van der Waals surface area contributed by atoms with Crippen LogP contribution in [0.15, 0.2) is 60.2 Å². The lowest BCUT2D eigenvalue weighted by Gasteiger charge is -2.39. The van der Waals surface area contributed by atoms with E-state index in [-0.39, 0.29) is 136 Å². The Morgan fingerprint density at radius 3 is 2.18 bits per heavy atom. The summed E-state index contributed by atoms with van der Waals surface area (Å²) < 4.78 is 29.4. The number of epoxide rings is 1. The summed E-state index contributed by atoms with van der Waals surface area (Å²) >= 11 is 3.09. The van der Waals surface area contributed by atoms with Crippen LogP contribution in [0.4, 0.5) is 20.1 Å². The van der Waals surface area contributed by atoms with E-state index in [0.29, 0.717) is 57.2 Å². The zero-order valence-corrected chi connectivity index (χ0v) is 50.2. The number of carbonyl (C=O) groups is 9. The molecule has 0 aromatic heterocycles. The van der Waals surface area contributed by atoms with Crippen molar-refractivity contribution in [2.45, 2.75) is 173 Å². The molecule has 5 rings (SSSR count). The number of nitrogens with two attached hydrogens (primary N) is 2. The van der Waals surface area contributed by atoms with Crippen molar-refractivity contribution < 1.29 is 71.9 Å². The number of piperazine rings is 1. The molecule has 83 heavy (non-hydrogen) atoms. The van der Waals surface area contributed by atoms with Crippen molar-refractivity contribution in [2.75, 3.05) is 56.1 Å². The Balaban J connectivity index is 1.05. The second-order valence-electron chi connectivity index (χ2n) is 22.3. The number of aliphatic carboxylic acids is 1. The lowest BCUT2D eigenvalue weighted by atomic mass is 9.88. The number of carboxylic acid groups (broad SMARTS) is 1. The molecule has 0 radical (unpaired) electrons. The number of amides is 9. The SMILES string of the molecule is CC(/C=C/[C@@H]1C[C@]2(CO2)C[C@@H](CC(N)=O)O1)=C\C[C@@H]1O[C@H](C)[C@H](NC(=O)/C=C\[C@H](C)OC(=O)N2CCN(C(=O)OCc3ccc(N(C(=O)[C@@H](NC(=O)CCCCCNC(=O)CBr)C(C)C)[C@@H](CCCNC(N)=O)C(=O)O)cc3)CC2)C[C@@H]1C. The number of hydrogen-bond donors (Lipinski definition) is 7. The maximum Gasteiger partial charge on any atom is 0.410 e. The van der Waals surface area contributed by atoms with Crippen LogP contribution in [0, 0.1) is 11.8 Å². The number of benzene rings is 1. The van der Waals surface area contributed by atoms with Gasteiger partial charge in [0.15, 0.2) is 0 Å². The van der Waals surface area contributed by atoms with E-state index in [1.807, 2.05) is 26.0 Å². The Labute approximate surface area is 494 Å². The summed E-state index contributed by atoms with van der Waals surface area (Å²) in [6, 6.07) is 2.74. The predicted molar refractivity (Wildman–Crippen MR) is 311 cm³/mol. The fourth-order valence-electron chi connectivity index (χ4n) is 10.2. The van der Waals surface area contributed by atoms with Crippen molar-refractivity contribution in [2.24, 2.45) is 23.3 Å². The van der Waals surface area contributed by atoms with Crippen LogP contribution in [0.3, 0.4) is 0 Å². The second kappa shape index (κ2) is 33.1. The van der Waals surface area contributed by atoms with E-state index in [4.69, 9.17) is 35.2 Å². The standard InChI is InChI=1S/C58H86BrN9O15/c1-36(2)52(65-49(70)12-8-7-9-23-62-51(72)33-59)53(73)68(46(54(74)75)11-10-24-63-55(61)76)42-18-16-41(17-19-42)34-79-56(77)66-25-27-67(28-26-66)57(78)81-39(5)15-22-50(71)64-45-29-38(4)47(82-40(45)6)21-14-37(3)13-20-43-31-58(35-80-58)32-44(83-43)30-48(60)69/h13-20,22,36,38-40,43-47,52H,7-12,21,23-35H2,1-6H3,(H2,60,69)(H,62,72)(H,64,71)(H,65,70)(H,74,75)(H3,61,63,76)/b20-13+,22-15-,37-14+/t38-,39-,40+,43+,44+,45+,46-,47-,52-,58+/m0/s1. The first-order chi connectivity index (χ1) is 39.5. The third kappa shape index (κ3) is 22.5. The van der Waals surface area contributed by atoms with Crippen LogP contribution in [-0.4, -0.2) is 174 Å². The highest BCUT2D eigenvalue weighted by atomic mass is 79.9. The van der Waals surface area contributed by atoms with Crippen LogP contribution >= 0.6 is 15.9 Å². The van der Waals surface area contributed by atoms with Gasteiger partial charge in [0.2, 0.25) is 23.6 Å². The average Bonchev–Trinajstić information content (AvgIpc) is 3.29. The normalized spacial score (nSPS) is 23.7. The third-order valence-corrected chi connectivity index (χ3v) is 15.6. The van der Waals surface area contributed by atoms with Crippen LogP contribution in [0.5, 0.6) is 0 Å². The van der Waals surface area contributed by atoms with Crippen molar-refractivity contribution in [3.8, 4) is 0 Å². The maximum atomic E-state index is 14.4. The maximum absolute atomic E-state index is 14.4. The number of allylic oxidation sites excluding steroid dienone is 2. The monoisotopic (exact) mass is 1230 g/mol. The molecular weight excluding hydrogens is 1140 g/mol. The quantitative estimate of drug-likeness (QED) is 0.0185. The van der Waals surface area contributed by atoms with Gasteiger partial charge in [-0.1, -0.05) is 79.1 Å². The molecule has 4 saturated heterocycles. The van der Waals surface area contributed by atoms with E-state index in [0.717, 1.165) is 16.9 Å². The number of nitrogens with zero attached hydrogens (tertiary/aromatic N) is 3. The highest BCUT2D eigenvalue weighted by Crippen LogP contribution is 2.43. The molecule has 0 bridgehead atoms. The summed E-state index contributed by atoms with van der Waals surface area (Å²) in [5.41, 5.74) is 12.2. The van der Waals surface area contributed by atoms with Crippen molar-refractivity contribution in [3.63, 3.8) is 0 Å². The zero-order chi connectivity index (χ0) is 60.8. The first-order valence-corrected chi connectivity index (χ1v) is 29.8. The lowest BCUT2D eigenvalue weighted by Crippen LogP contribution is -2.56. The molecule has 9 amide bonds. The van der Waals surface area contributed by atoms with E-state index in [1.54, 1.807) is 32.9 Å². The first-order valence-electron chi connectivity index (χ1n) is 28.7. The van der Waals surface area contributed by atoms with Gasteiger partial charge in [-0.25, -0.2) is 19.2 Å². The molecule has 0 saturated carbocycles. The molecule has 24 nitrogen and oxygen atoms in total. The first kappa shape index (κ1) is 67.2. The summed E-state index contributed by atoms with van der Waals surface area (Å²) in [5.74, 6) is -3.51. The summed E-state index contributed by atoms with van der Waals surface area (Å²) in [5, 5.41) is 21.6. The van der Waals surface area contributed by atoms with E-state index >= 15 is 0 Å². The molecule has 10 atom stereocenters. The second-order valence-corrected chi connectivity index (χ2v) is 22.9.